The highest BCUT2D eigenvalue weighted by molar-refractivity contribution is 7.90. The molecule has 0 aliphatic carbocycles. The Balaban J connectivity index is 2.19. The van der Waals surface area contributed by atoms with Crippen LogP contribution < -0.4 is 0 Å². The first-order valence-corrected chi connectivity index (χ1v) is 8.70. The second kappa shape index (κ2) is 5.11. The molecule has 0 aromatic rings. The van der Waals surface area contributed by atoms with E-state index in [1.54, 1.807) is 4.90 Å². The zero-order chi connectivity index (χ0) is 14.2. The fourth-order valence-electron chi connectivity index (χ4n) is 2.88. The van der Waals surface area contributed by atoms with Crippen LogP contribution in [0.1, 0.15) is 26.2 Å². The topological polar surface area (TPSA) is 74.8 Å². The van der Waals surface area contributed by atoms with E-state index in [4.69, 9.17) is 0 Å². The number of sulfone groups is 1. The van der Waals surface area contributed by atoms with Gasteiger partial charge in [0.05, 0.1) is 5.75 Å². The lowest BCUT2D eigenvalue weighted by atomic mass is 10.0. The maximum absolute atomic E-state index is 12.4. The quantitative estimate of drug-likeness (QED) is 0.708. The zero-order valence-electron chi connectivity index (χ0n) is 11.3. The molecule has 7 heteroatoms. The average Bonchev–Trinajstić information content (AvgIpc) is 2.80. The van der Waals surface area contributed by atoms with E-state index in [0.29, 0.717) is 19.4 Å². The Labute approximate surface area is 113 Å². The molecule has 2 unspecified atom stereocenters. The monoisotopic (exact) mass is 288 g/mol. The van der Waals surface area contributed by atoms with Gasteiger partial charge in [-0.05, 0) is 19.3 Å². The number of fused-ring (bicyclic) bond motifs is 1. The van der Waals surface area contributed by atoms with Crippen LogP contribution in [0.3, 0.4) is 0 Å². The summed E-state index contributed by atoms with van der Waals surface area (Å²) in [4.78, 5) is 27.8. The van der Waals surface area contributed by atoms with Crippen molar-refractivity contribution >= 4 is 21.7 Å². The van der Waals surface area contributed by atoms with Gasteiger partial charge in [0.15, 0.2) is 0 Å². The highest BCUT2D eigenvalue weighted by Crippen LogP contribution is 2.27. The number of piperazine rings is 1. The summed E-state index contributed by atoms with van der Waals surface area (Å²) in [5, 5.41) is 0. The molecule has 2 fully saturated rings. The van der Waals surface area contributed by atoms with Gasteiger partial charge < -0.3 is 9.80 Å². The Kier molecular flexibility index (Phi) is 3.85. The van der Waals surface area contributed by atoms with E-state index in [9.17, 15) is 18.0 Å². The van der Waals surface area contributed by atoms with Crippen molar-refractivity contribution in [2.75, 3.05) is 25.1 Å². The van der Waals surface area contributed by atoms with Gasteiger partial charge >= 0.3 is 0 Å². The van der Waals surface area contributed by atoms with E-state index < -0.39 is 15.9 Å². The van der Waals surface area contributed by atoms with Crippen molar-refractivity contribution < 1.29 is 18.0 Å². The minimum atomic E-state index is -3.14. The summed E-state index contributed by atoms with van der Waals surface area (Å²) in [7, 11) is -3.14. The molecule has 6 nitrogen and oxygen atoms in total. The lowest BCUT2D eigenvalue weighted by Gasteiger charge is -2.42. The van der Waals surface area contributed by atoms with Crippen molar-refractivity contribution in [1.82, 2.24) is 9.80 Å². The molecule has 0 N–H and O–H groups in total. The van der Waals surface area contributed by atoms with Crippen molar-refractivity contribution in [1.29, 1.82) is 0 Å². The highest BCUT2D eigenvalue weighted by atomic mass is 32.2. The fourth-order valence-corrected chi connectivity index (χ4v) is 3.41. The molecule has 19 heavy (non-hydrogen) atoms. The van der Waals surface area contributed by atoms with E-state index in [1.807, 2.05) is 6.92 Å². The Bertz CT molecular complexity index is 488. The number of amides is 2. The van der Waals surface area contributed by atoms with Crippen LogP contribution >= 0.6 is 0 Å². The van der Waals surface area contributed by atoms with Crippen LogP contribution in [0.15, 0.2) is 0 Å². The molecule has 0 aromatic carbocycles. The van der Waals surface area contributed by atoms with E-state index >= 15 is 0 Å². The number of hydrogen-bond acceptors (Lipinski definition) is 4. The smallest absolute Gasteiger partial charge is 0.246 e. The molecule has 2 amide bonds. The summed E-state index contributed by atoms with van der Waals surface area (Å²) >= 11 is 0. The maximum Gasteiger partial charge on any atom is 0.246 e. The molecular weight excluding hydrogens is 268 g/mol. The van der Waals surface area contributed by atoms with E-state index in [-0.39, 0.29) is 30.2 Å². The minimum Gasteiger partial charge on any atom is -0.329 e. The molecule has 2 heterocycles. The molecule has 2 aliphatic heterocycles. The molecule has 0 aromatic heterocycles. The van der Waals surface area contributed by atoms with Crippen LogP contribution in [0.5, 0.6) is 0 Å². The van der Waals surface area contributed by atoms with Crippen molar-refractivity contribution in [2.24, 2.45) is 0 Å². The third-order valence-electron chi connectivity index (χ3n) is 3.85. The Hall–Kier alpha value is -1.11. The molecule has 2 rings (SSSR count). The molecule has 0 bridgehead atoms. The summed E-state index contributed by atoms with van der Waals surface area (Å²) in [6.45, 7) is 2.61. The Morgan fingerprint density at radius 2 is 1.95 bits per heavy atom. The first-order chi connectivity index (χ1) is 8.85. The van der Waals surface area contributed by atoms with Gasteiger partial charge in [-0.2, -0.15) is 0 Å². The standard InChI is InChI=1S/C12H20N2O4S/c1-3-9-11(15)13-6-4-5-10(13)12(16)14(9)7-8-19(2,17)18/h9-10H,3-8H2,1-2H3. The van der Waals surface area contributed by atoms with Crippen LogP contribution in [0, 0.1) is 0 Å². The average molecular weight is 288 g/mol. The van der Waals surface area contributed by atoms with Gasteiger partial charge in [0.1, 0.15) is 21.9 Å². The lowest BCUT2D eigenvalue weighted by Crippen LogP contribution is -2.63. The first kappa shape index (κ1) is 14.3. The van der Waals surface area contributed by atoms with Crippen molar-refractivity contribution in [3.05, 3.63) is 0 Å². The summed E-state index contributed by atoms with van der Waals surface area (Å²) in [5.41, 5.74) is 0. The van der Waals surface area contributed by atoms with Gasteiger partial charge in [0.25, 0.3) is 0 Å². The minimum absolute atomic E-state index is 0.0295. The molecule has 2 atom stereocenters. The summed E-state index contributed by atoms with van der Waals surface area (Å²) in [5.74, 6) is -0.208. The van der Waals surface area contributed by atoms with Crippen LogP contribution in [0.25, 0.3) is 0 Å². The predicted octanol–water partition coefficient (Wildman–Crippen LogP) is -0.357. The van der Waals surface area contributed by atoms with Crippen molar-refractivity contribution in [2.45, 2.75) is 38.3 Å². The zero-order valence-corrected chi connectivity index (χ0v) is 12.1. The molecule has 0 radical (unpaired) electrons. The van der Waals surface area contributed by atoms with Crippen LogP contribution in [-0.4, -0.2) is 67.2 Å². The first-order valence-electron chi connectivity index (χ1n) is 6.64. The van der Waals surface area contributed by atoms with Gasteiger partial charge in [-0.25, -0.2) is 8.42 Å². The maximum atomic E-state index is 12.4. The Morgan fingerprint density at radius 1 is 1.26 bits per heavy atom. The van der Waals surface area contributed by atoms with E-state index in [0.717, 1.165) is 12.7 Å². The normalized spacial score (nSPS) is 27.9. The molecule has 108 valence electrons. The van der Waals surface area contributed by atoms with Gasteiger partial charge in [-0.3, -0.25) is 9.59 Å². The largest absolute Gasteiger partial charge is 0.329 e. The Morgan fingerprint density at radius 3 is 2.53 bits per heavy atom. The van der Waals surface area contributed by atoms with Gasteiger partial charge in [-0.1, -0.05) is 6.92 Å². The summed E-state index contributed by atoms with van der Waals surface area (Å²) < 4.78 is 22.5. The van der Waals surface area contributed by atoms with E-state index in [1.165, 1.54) is 4.90 Å². The summed E-state index contributed by atoms with van der Waals surface area (Å²) in [6.07, 6.45) is 3.21. The SMILES string of the molecule is CCC1C(=O)N2CCCC2C(=O)N1CCS(C)(=O)=O. The molecule has 2 aliphatic rings. The molecule has 2 saturated heterocycles. The van der Waals surface area contributed by atoms with Crippen molar-refractivity contribution in [3.63, 3.8) is 0 Å². The third-order valence-corrected chi connectivity index (χ3v) is 4.78. The fraction of sp³-hybridized carbons (Fsp3) is 0.833. The molecule has 0 spiro atoms. The number of rotatable bonds is 4. The number of nitrogens with zero attached hydrogens (tertiary/aromatic N) is 2. The van der Waals surface area contributed by atoms with Gasteiger partial charge in [0, 0.05) is 19.3 Å². The van der Waals surface area contributed by atoms with Gasteiger partial charge in [-0.15, -0.1) is 0 Å². The van der Waals surface area contributed by atoms with Crippen molar-refractivity contribution in [3.8, 4) is 0 Å². The molecule has 0 saturated carbocycles. The number of carbonyl (C=O) groups excluding carboxylic acids is 2. The second-order valence-electron chi connectivity index (χ2n) is 5.28. The van der Waals surface area contributed by atoms with Gasteiger partial charge in [0.2, 0.25) is 11.8 Å². The molecular formula is C12H20N2O4S. The van der Waals surface area contributed by atoms with Crippen LogP contribution in [0.4, 0.5) is 0 Å². The highest BCUT2D eigenvalue weighted by Gasteiger charge is 2.46. The van der Waals surface area contributed by atoms with Crippen LogP contribution in [-0.2, 0) is 19.4 Å². The second-order valence-corrected chi connectivity index (χ2v) is 7.53. The predicted molar refractivity (Wildman–Crippen MR) is 70.2 cm³/mol. The number of carbonyl (C=O) groups is 2. The number of hydrogen-bond donors (Lipinski definition) is 0. The van der Waals surface area contributed by atoms with E-state index in [2.05, 4.69) is 0 Å². The van der Waals surface area contributed by atoms with Crippen LogP contribution in [0.2, 0.25) is 0 Å². The third kappa shape index (κ3) is 2.75. The summed E-state index contributed by atoms with van der Waals surface area (Å²) in [6, 6.07) is -0.863. The lowest BCUT2D eigenvalue weighted by molar-refractivity contribution is -0.159.